The van der Waals surface area contributed by atoms with E-state index >= 15 is 0 Å². The van der Waals surface area contributed by atoms with Crippen molar-refractivity contribution in [3.05, 3.63) is 35.2 Å². The third-order valence-corrected chi connectivity index (χ3v) is 3.91. The maximum Gasteiger partial charge on any atom is 0.335 e. The van der Waals surface area contributed by atoms with Crippen LogP contribution in [0, 0.1) is 6.92 Å². The van der Waals surface area contributed by atoms with Crippen molar-refractivity contribution in [1.82, 2.24) is 15.2 Å². The van der Waals surface area contributed by atoms with Gasteiger partial charge in [0.1, 0.15) is 6.33 Å². The molecule has 5 nitrogen and oxygen atoms in total. The number of rotatable bonds is 3. The molecule has 1 fully saturated rings. The molecule has 1 aromatic carbocycles. The van der Waals surface area contributed by atoms with Gasteiger partial charge in [-0.1, -0.05) is 6.42 Å². The zero-order chi connectivity index (χ0) is 13.4. The Labute approximate surface area is 110 Å². The third kappa shape index (κ3) is 2.01. The summed E-state index contributed by atoms with van der Waals surface area (Å²) in [6.45, 7) is 1.89. The number of carbonyl (C=O) groups is 1. The van der Waals surface area contributed by atoms with Gasteiger partial charge in [0, 0.05) is 5.56 Å². The Hall–Kier alpha value is -2.17. The van der Waals surface area contributed by atoms with Crippen LogP contribution < -0.4 is 0 Å². The highest BCUT2D eigenvalue weighted by Gasteiger charge is 2.24. The van der Waals surface area contributed by atoms with Crippen molar-refractivity contribution in [3.63, 3.8) is 0 Å². The summed E-state index contributed by atoms with van der Waals surface area (Å²) in [4.78, 5) is 14.3. The van der Waals surface area contributed by atoms with Gasteiger partial charge >= 0.3 is 5.97 Å². The van der Waals surface area contributed by atoms with E-state index in [2.05, 4.69) is 15.2 Å². The van der Waals surface area contributed by atoms with Crippen LogP contribution in [0.1, 0.15) is 46.7 Å². The molecule has 0 unspecified atom stereocenters. The summed E-state index contributed by atoms with van der Waals surface area (Å²) < 4.78 is 0. The first-order valence-electron chi connectivity index (χ1n) is 6.41. The summed E-state index contributed by atoms with van der Waals surface area (Å²) in [5, 5.41) is 17.1. The number of aromatic amines is 1. The van der Waals surface area contributed by atoms with Crippen LogP contribution in [0.3, 0.4) is 0 Å². The monoisotopic (exact) mass is 257 g/mol. The molecule has 1 saturated carbocycles. The van der Waals surface area contributed by atoms with Crippen LogP contribution in [-0.2, 0) is 0 Å². The quantitative estimate of drug-likeness (QED) is 0.886. The molecular formula is C14H15N3O2. The zero-order valence-electron chi connectivity index (χ0n) is 10.7. The molecule has 19 heavy (non-hydrogen) atoms. The highest BCUT2D eigenvalue weighted by atomic mass is 16.4. The predicted molar refractivity (Wildman–Crippen MR) is 70.1 cm³/mol. The number of hydrogen-bond donors (Lipinski definition) is 2. The van der Waals surface area contributed by atoms with Gasteiger partial charge in [0.15, 0.2) is 5.82 Å². The van der Waals surface area contributed by atoms with Crippen LogP contribution in [0.15, 0.2) is 18.5 Å². The second-order valence-corrected chi connectivity index (χ2v) is 5.01. The van der Waals surface area contributed by atoms with Crippen molar-refractivity contribution in [2.24, 2.45) is 0 Å². The SMILES string of the molecule is Cc1c(C(=O)O)cc(-c2nnc[nH]2)cc1C1CCC1. The number of aromatic carboxylic acids is 1. The fraction of sp³-hybridized carbons (Fsp3) is 0.357. The van der Waals surface area contributed by atoms with Crippen molar-refractivity contribution < 1.29 is 9.90 Å². The minimum absolute atomic E-state index is 0.357. The maximum absolute atomic E-state index is 11.4. The van der Waals surface area contributed by atoms with Gasteiger partial charge in [-0.2, -0.15) is 0 Å². The molecule has 1 aromatic heterocycles. The number of aromatic nitrogens is 3. The first-order valence-corrected chi connectivity index (χ1v) is 6.41. The Kier molecular flexibility index (Phi) is 2.81. The minimum Gasteiger partial charge on any atom is -0.478 e. The van der Waals surface area contributed by atoms with Crippen LogP contribution in [0.5, 0.6) is 0 Å². The second kappa shape index (κ2) is 4.50. The molecule has 3 rings (SSSR count). The Balaban J connectivity index is 2.15. The number of nitrogens with zero attached hydrogens (tertiary/aromatic N) is 2. The van der Waals surface area contributed by atoms with Crippen LogP contribution in [0.2, 0.25) is 0 Å². The summed E-state index contributed by atoms with van der Waals surface area (Å²) in [6, 6.07) is 3.71. The number of hydrogen-bond acceptors (Lipinski definition) is 3. The van der Waals surface area contributed by atoms with E-state index in [1.54, 1.807) is 6.07 Å². The average molecular weight is 257 g/mol. The van der Waals surface area contributed by atoms with E-state index in [4.69, 9.17) is 0 Å². The largest absolute Gasteiger partial charge is 0.478 e. The molecule has 0 bridgehead atoms. The van der Waals surface area contributed by atoms with Gasteiger partial charge < -0.3 is 10.1 Å². The van der Waals surface area contributed by atoms with Gasteiger partial charge in [0.25, 0.3) is 0 Å². The van der Waals surface area contributed by atoms with E-state index in [1.807, 2.05) is 13.0 Å². The van der Waals surface area contributed by atoms with Gasteiger partial charge in [-0.15, -0.1) is 10.2 Å². The lowest BCUT2D eigenvalue weighted by Gasteiger charge is -2.28. The molecule has 5 heteroatoms. The molecular weight excluding hydrogens is 242 g/mol. The van der Waals surface area contributed by atoms with Gasteiger partial charge in [0.05, 0.1) is 5.56 Å². The van der Waals surface area contributed by atoms with E-state index < -0.39 is 5.97 Å². The predicted octanol–water partition coefficient (Wildman–Crippen LogP) is 2.75. The number of carboxylic acids is 1. The molecule has 1 aliphatic rings. The molecule has 0 saturated heterocycles. The van der Waals surface area contributed by atoms with Crippen LogP contribution in [-0.4, -0.2) is 26.3 Å². The molecule has 1 heterocycles. The summed E-state index contributed by atoms with van der Waals surface area (Å²) in [5.41, 5.74) is 3.16. The molecule has 0 spiro atoms. The second-order valence-electron chi connectivity index (χ2n) is 5.01. The Morgan fingerprint density at radius 1 is 1.42 bits per heavy atom. The molecule has 0 aliphatic heterocycles. The minimum atomic E-state index is -0.889. The van der Waals surface area contributed by atoms with Crippen molar-refractivity contribution in [2.45, 2.75) is 32.1 Å². The zero-order valence-corrected chi connectivity index (χ0v) is 10.7. The molecule has 1 aliphatic carbocycles. The molecule has 0 radical (unpaired) electrons. The summed E-state index contributed by atoms with van der Waals surface area (Å²) in [6.07, 6.45) is 5.00. The van der Waals surface area contributed by atoms with E-state index in [0.717, 1.165) is 29.5 Å². The Morgan fingerprint density at radius 2 is 2.21 bits per heavy atom. The third-order valence-electron chi connectivity index (χ3n) is 3.91. The van der Waals surface area contributed by atoms with Crippen LogP contribution in [0.4, 0.5) is 0 Å². The lowest BCUT2D eigenvalue weighted by molar-refractivity contribution is 0.0696. The molecule has 98 valence electrons. The van der Waals surface area contributed by atoms with Crippen LogP contribution in [0.25, 0.3) is 11.4 Å². The normalized spacial score (nSPS) is 15.2. The van der Waals surface area contributed by atoms with E-state index in [0.29, 0.717) is 17.3 Å². The first kappa shape index (κ1) is 11.9. The number of benzene rings is 1. The summed E-state index contributed by atoms with van der Waals surface area (Å²) in [5.74, 6) is 0.212. The molecule has 2 aromatic rings. The topological polar surface area (TPSA) is 78.9 Å². The van der Waals surface area contributed by atoms with Crippen molar-refractivity contribution in [3.8, 4) is 11.4 Å². The first-order chi connectivity index (χ1) is 9.16. The number of H-pyrrole nitrogens is 1. The van der Waals surface area contributed by atoms with E-state index in [9.17, 15) is 9.90 Å². The van der Waals surface area contributed by atoms with Gasteiger partial charge in [-0.05, 0) is 48.9 Å². The number of nitrogens with one attached hydrogen (secondary N) is 1. The highest BCUT2D eigenvalue weighted by molar-refractivity contribution is 5.91. The molecule has 2 N–H and O–H groups in total. The lowest BCUT2D eigenvalue weighted by Crippen LogP contribution is -2.13. The standard InChI is InChI=1S/C14H15N3O2/c1-8-11(9-3-2-4-9)5-10(6-12(8)14(18)19)13-15-7-16-17-13/h5-7,9H,2-4H2,1H3,(H,18,19)(H,15,16,17). The average Bonchev–Trinajstić information content (AvgIpc) is 2.82. The summed E-state index contributed by atoms with van der Waals surface area (Å²) in [7, 11) is 0. The van der Waals surface area contributed by atoms with Crippen molar-refractivity contribution in [1.29, 1.82) is 0 Å². The van der Waals surface area contributed by atoms with Gasteiger partial charge in [-0.25, -0.2) is 4.79 Å². The fourth-order valence-corrected chi connectivity index (χ4v) is 2.59. The van der Waals surface area contributed by atoms with Gasteiger partial charge in [-0.3, -0.25) is 0 Å². The van der Waals surface area contributed by atoms with Crippen molar-refractivity contribution in [2.75, 3.05) is 0 Å². The summed E-state index contributed by atoms with van der Waals surface area (Å²) >= 11 is 0. The maximum atomic E-state index is 11.4. The van der Waals surface area contributed by atoms with E-state index in [1.165, 1.54) is 12.7 Å². The fourth-order valence-electron chi connectivity index (χ4n) is 2.59. The Bertz CT molecular complexity index is 616. The molecule has 0 amide bonds. The Morgan fingerprint density at radius 3 is 2.74 bits per heavy atom. The highest BCUT2D eigenvalue weighted by Crippen LogP contribution is 2.40. The van der Waals surface area contributed by atoms with Crippen LogP contribution >= 0.6 is 0 Å². The lowest BCUT2D eigenvalue weighted by atomic mass is 9.77. The smallest absolute Gasteiger partial charge is 0.335 e. The number of carboxylic acid groups (broad SMARTS) is 1. The molecule has 0 atom stereocenters. The van der Waals surface area contributed by atoms with E-state index in [-0.39, 0.29) is 0 Å². The van der Waals surface area contributed by atoms with Crippen molar-refractivity contribution >= 4 is 5.97 Å². The van der Waals surface area contributed by atoms with Gasteiger partial charge in [0.2, 0.25) is 0 Å².